The molecule has 0 heterocycles. The van der Waals surface area contributed by atoms with Crippen LogP contribution in [0.3, 0.4) is 0 Å². The Morgan fingerprint density at radius 1 is 1.06 bits per heavy atom. The number of methoxy groups -OCH3 is 1. The van der Waals surface area contributed by atoms with Gasteiger partial charge in [-0.3, -0.25) is 0 Å². The SMILES string of the molecule is C=C/C(O)=C\C=C\OCCOCCOCCOC. The molecule has 0 fully saturated rings. The van der Waals surface area contributed by atoms with Crippen molar-refractivity contribution < 1.29 is 24.1 Å². The summed E-state index contributed by atoms with van der Waals surface area (Å²) in [5.74, 6) is 0.0966. The summed E-state index contributed by atoms with van der Waals surface area (Å²) < 4.78 is 20.4. The summed E-state index contributed by atoms with van der Waals surface area (Å²) >= 11 is 0. The van der Waals surface area contributed by atoms with Crippen molar-refractivity contribution in [2.45, 2.75) is 0 Å². The Bertz CT molecular complexity index is 248. The molecule has 0 rings (SSSR count). The molecular formula is C13H22O5. The third kappa shape index (κ3) is 12.8. The molecule has 0 unspecified atom stereocenters. The first-order chi connectivity index (χ1) is 8.81. The number of aliphatic hydroxyl groups excluding tert-OH is 1. The molecule has 18 heavy (non-hydrogen) atoms. The number of rotatable bonds is 12. The molecule has 0 bridgehead atoms. The quantitative estimate of drug-likeness (QED) is 0.329. The summed E-state index contributed by atoms with van der Waals surface area (Å²) in [6.07, 6.45) is 5.90. The van der Waals surface area contributed by atoms with E-state index < -0.39 is 0 Å². The van der Waals surface area contributed by atoms with Gasteiger partial charge in [-0.1, -0.05) is 6.58 Å². The molecule has 0 amide bonds. The topological polar surface area (TPSA) is 57.2 Å². The first kappa shape index (κ1) is 16.7. The Labute approximate surface area is 108 Å². The van der Waals surface area contributed by atoms with Crippen molar-refractivity contribution in [2.75, 3.05) is 46.8 Å². The van der Waals surface area contributed by atoms with Crippen LogP contribution in [-0.4, -0.2) is 51.9 Å². The average Bonchev–Trinajstić information content (AvgIpc) is 2.39. The highest BCUT2D eigenvalue weighted by Crippen LogP contribution is 1.89. The van der Waals surface area contributed by atoms with E-state index in [0.29, 0.717) is 39.6 Å². The summed E-state index contributed by atoms with van der Waals surface area (Å²) in [5, 5.41) is 9.01. The maximum absolute atomic E-state index is 9.01. The van der Waals surface area contributed by atoms with Gasteiger partial charge in [0.25, 0.3) is 0 Å². The Morgan fingerprint density at radius 2 is 1.67 bits per heavy atom. The summed E-state index contributed by atoms with van der Waals surface area (Å²) in [6, 6.07) is 0. The molecule has 0 aromatic heterocycles. The molecule has 0 aliphatic rings. The smallest absolute Gasteiger partial charge is 0.115 e. The third-order valence-electron chi connectivity index (χ3n) is 1.80. The van der Waals surface area contributed by atoms with Gasteiger partial charge in [0.15, 0.2) is 0 Å². The van der Waals surface area contributed by atoms with Gasteiger partial charge >= 0.3 is 0 Å². The number of hydrogen-bond acceptors (Lipinski definition) is 5. The molecular weight excluding hydrogens is 236 g/mol. The predicted molar refractivity (Wildman–Crippen MR) is 69.5 cm³/mol. The van der Waals surface area contributed by atoms with Gasteiger partial charge in [0.05, 0.1) is 39.3 Å². The van der Waals surface area contributed by atoms with Gasteiger partial charge < -0.3 is 24.1 Å². The molecule has 5 heteroatoms. The first-order valence-corrected chi connectivity index (χ1v) is 5.75. The maximum Gasteiger partial charge on any atom is 0.115 e. The molecule has 0 aromatic rings. The van der Waals surface area contributed by atoms with Crippen LogP contribution < -0.4 is 0 Å². The van der Waals surface area contributed by atoms with Crippen LogP contribution in [0, 0.1) is 0 Å². The minimum absolute atomic E-state index is 0.0966. The molecule has 0 spiro atoms. The minimum Gasteiger partial charge on any atom is -0.508 e. The molecule has 0 aliphatic heterocycles. The van der Waals surface area contributed by atoms with E-state index in [1.165, 1.54) is 18.4 Å². The van der Waals surface area contributed by atoms with E-state index in [0.717, 1.165) is 0 Å². The second kappa shape index (κ2) is 13.8. The van der Waals surface area contributed by atoms with Gasteiger partial charge in [-0.05, 0) is 18.2 Å². The van der Waals surface area contributed by atoms with E-state index in [2.05, 4.69) is 6.58 Å². The fraction of sp³-hybridized carbons (Fsp3) is 0.538. The van der Waals surface area contributed by atoms with Gasteiger partial charge in [-0.2, -0.15) is 0 Å². The standard InChI is InChI=1S/C13H22O5/c1-3-13(14)5-4-6-16-9-10-18-12-11-17-8-7-15-2/h3-6,14H,1,7-12H2,2H3/b6-4+,13-5+. The highest BCUT2D eigenvalue weighted by atomic mass is 16.5. The molecule has 0 atom stereocenters. The second-order valence-corrected chi connectivity index (χ2v) is 3.21. The van der Waals surface area contributed by atoms with Crippen molar-refractivity contribution in [2.24, 2.45) is 0 Å². The zero-order valence-electron chi connectivity index (χ0n) is 10.8. The summed E-state index contributed by atoms with van der Waals surface area (Å²) in [7, 11) is 1.63. The fourth-order valence-electron chi connectivity index (χ4n) is 0.901. The van der Waals surface area contributed by atoms with E-state index in [1.807, 2.05) is 0 Å². The van der Waals surface area contributed by atoms with Gasteiger partial charge in [-0.15, -0.1) is 0 Å². The average molecular weight is 258 g/mol. The Kier molecular flexibility index (Phi) is 12.8. The zero-order valence-corrected chi connectivity index (χ0v) is 10.8. The van der Waals surface area contributed by atoms with Crippen LogP contribution in [0.15, 0.2) is 36.8 Å². The van der Waals surface area contributed by atoms with Crippen LogP contribution >= 0.6 is 0 Å². The lowest BCUT2D eigenvalue weighted by atomic mass is 10.4. The molecule has 0 saturated heterocycles. The van der Waals surface area contributed by atoms with E-state index in [-0.39, 0.29) is 5.76 Å². The number of aliphatic hydroxyl groups is 1. The summed E-state index contributed by atoms with van der Waals surface area (Å²) in [4.78, 5) is 0. The molecule has 1 N–H and O–H groups in total. The van der Waals surface area contributed by atoms with Crippen LogP contribution in [0.5, 0.6) is 0 Å². The highest BCUT2D eigenvalue weighted by molar-refractivity contribution is 5.13. The van der Waals surface area contributed by atoms with Crippen molar-refractivity contribution in [3.05, 3.63) is 36.8 Å². The monoisotopic (exact) mass is 258 g/mol. The number of ether oxygens (including phenoxy) is 4. The minimum atomic E-state index is 0.0966. The summed E-state index contributed by atoms with van der Waals surface area (Å²) in [6.45, 7) is 6.62. The van der Waals surface area contributed by atoms with Crippen LogP contribution in [0.2, 0.25) is 0 Å². The van der Waals surface area contributed by atoms with Gasteiger partial charge in [0, 0.05) is 7.11 Å². The van der Waals surface area contributed by atoms with Crippen molar-refractivity contribution in [3.8, 4) is 0 Å². The van der Waals surface area contributed by atoms with Crippen LogP contribution in [0.1, 0.15) is 0 Å². The van der Waals surface area contributed by atoms with Gasteiger partial charge in [0.2, 0.25) is 0 Å². The maximum atomic E-state index is 9.01. The van der Waals surface area contributed by atoms with Crippen molar-refractivity contribution in [1.82, 2.24) is 0 Å². The molecule has 0 aromatic carbocycles. The first-order valence-electron chi connectivity index (χ1n) is 5.75. The van der Waals surface area contributed by atoms with Crippen molar-refractivity contribution in [3.63, 3.8) is 0 Å². The third-order valence-corrected chi connectivity index (χ3v) is 1.80. The van der Waals surface area contributed by atoms with Gasteiger partial charge in [-0.25, -0.2) is 0 Å². The van der Waals surface area contributed by atoms with Crippen LogP contribution in [-0.2, 0) is 18.9 Å². The normalized spacial score (nSPS) is 11.9. The largest absolute Gasteiger partial charge is 0.508 e. The Balaban J connectivity index is 3.18. The fourth-order valence-corrected chi connectivity index (χ4v) is 0.901. The second-order valence-electron chi connectivity index (χ2n) is 3.21. The van der Waals surface area contributed by atoms with Crippen LogP contribution in [0.4, 0.5) is 0 Å². The van der Waals surface area contributed by atoms with E-state index in [4.69, 9.17) is 24.1 Å². The molecule has 0 saturated carbocycles. The predicted octanol–water partition coefficient (Wildman–Crippen LogP) is 1.82. The molecule has 5 nitrogen and oxygen atoms in total. The number of hydrogen-bond donors (Lipinski definition) is 1. The Morgan fingerprint density at radius 3 is 2.28 bits per heavy atom. The van der Waals surface area contributed by atoms with Gasteiger partial charge in [0.1, 0.15) is 12.4 Å². The zero-order chi connectivity index (χ0) is 13.5. The van der Waals surface area contributed by atoms with Crippen molar-refractivity contribution >= 4 is 0 Å². The van der Waals surface area contributed by atoms with E-state index >= 15 is 0 Å². The van der Waals surface area contributed by atoms with Crippen LogP contribution in [0.25, 0.3) is 0 Å². The molecule has 104 valence electrons. The lowest BCUT2D eigenvalue weighted by molar-refractivity contribution is 0.0143. The highest BCUT2D eigenvalue weighted by Gasteiger charge is 1.89. The lowest BCUT2D eigenvalue weighted by Crippen LogP contribution is -2.10. The van der Waals surface area contributed by atoms with E-state index in [1.54, 1.807) is 13.2 Å². The molecule has 0 radical (unpaired) electrons. The lowest BCUT2D eigenvalue weighted by Gasteiger charge is -2.05. The Hall–Kier alpha value is -1.30. The van der Waals surface area contributed by atoms with E-state index in [9.17, 15) is 0 Å². The van der Waals surface area contributed by atoms with Crippen molar-refractivity contribution in [1.29, 1.82) is 0 Å². The number of allylic oxidation sites excluding steroid dienone is 3. The summed E-state index contributed by atoms with van der Waals surface area (Å²) in [5.41, 5.74) is 0. The molecule has 0 aliphatic carbocycles.